The van der Waals surface area contributed by atoms with Crippen LogP contribution in [0, 0.1) is 13.8 Å². The van der Waals surface area contributed by atoms with E-state index < -0.39 is 17.7 Å². The molecule has 1 aliphatic rings. The number of carbonyl (C=O) groups excluding carboxylic acids is 2. The first-order chi connectivity index (χ1) is 13.9. The number of aromatic nitrogens is 1. The summed E-state index contributed by atoms with van der Waals surface area (Å²) in [5.74, 6) is -1.68. The van der Waals surface area contributed by atoms with Gasteiger partial charge >= 0.3 is 5.91 Å². The molecule has 7 heteroatoms. The van der Waals surface area contributed by atoms with Gasteiger partial charge in [0.2, 0.25) is 0 Å². The maximum absolute atomic E-state index is 13.0. The molecule has 1 aliphatic heterocycles. The molecule has 1 atom stereocenters. The summed E-state index contributed by atoms with van der Waals surface area (Å²) in [5, 5.41) is 11.9. The Balaban J connectivity index is 1.94. The fourth-order valence-corrected chi connectivity index (χ4v) is 4.37. The molecular formula is C22H17ClN2O3S. The number of ketones is 1. The number of nitrogens with zero attached hydrogens (tertiary/aromatic N) is 2. The van der Waals surface area contributed by atoms with Crippen LogP contribution in [0.15, 0.2) is 60.2 Å². The Labute approximate surface area is 176 Å². The van der Waals surface area contributed by atoms with Crippen molar-refractivity contribution < 1.29 is 14.7 Å². The van der Waals surface area contributed by atoms with Gasteiger partial charge in [0.15, 0.2) is 5.13 Å². The third kappa shape index (κ3) is 3.34. The Morgan fingerprint density at radius 3 is 2.31 bits per heavy atom. The number of amides is 1. The molecule has 1 saturated heterocycles. The standard InChI is InChI=1S/C22H17ClN2O3S/c1-12-13(2)29-22(24-12)25-18(14-6-4-3-5-7-14)17(20(27)21(25)28)19(26)15-8-10-16(23)11-9-15/h3-11,18,26H,1-2H3/t18-/m0/s1. The summed E-state index contributed by atoms with van der Waals surface area (Å²) >= 11 is 7.29. The minimum Gasteiger partial charge on any atom is -0.507 e. The first kappa shape index (κ1) is 19.4. The van der Waals surface area contributed by atoms with E-state index in [0.717, 1.165) is 10.6 Å². The molecule has 2 aromatic carbocycles. The molecule has 1 amide bonds. The molecular weight excluding hydrogens is 408 g/mol. The Bertz CT molecular complexity index is 1120. The lowest BCUT2D eigenvalue weighted by molar-refractivity contribution is -0.132. The molecule has 0 spiro atoms. The van der Waals surface area contributed by atoms with Crippen molar-refractivity contribution in [2.75, 3.05) is 4.90 Å². The number of carbonyl (C=O) groups is 2. The Morgan fingerprint density at radius 2 is 1.72 bits per heavy atom. The predicted molar refractivity (Wildman–Crippen MR) is 114 cm³/mol. The second-order valence-corrected chi connectivity index (χ2v) is 8.34. The monoisotopic (exact) mass is 424 g/mol. The minimum atomic E-state index is -0.767. The van der Waals surface area contributed by atoms with Gasteiger partial charge in [-0.05, 0) is 43.7 Å². The van der Waals surface area contributed by atoms with Crippen molar-refractivity contribution in [3.05, 3.63) is 86.9 Å². The van der Waals surface area contributed by atoms with Gasteiger partial charge in [-0.2, -0.15) is 0 Å². The Kier molecular flexibility index (Phi) is 4.98. The van der Waals surface area contributed by atoms with Gasteiger partial charge < -0.3 is 5.11 Å². The molecule has 0 unspecified atom stereocenters. The predicted octanol–water partition coefficient (Wildman–Crippen LogP) is 5.04. The number of hydrogen-bond donors (Lipinski definition) is 1. The SMILES string of the molecule is Cc1nc(N2C(=O)C(=O)C(=C(O)c3ccc(Cl)cc3)[C@@H]2c2ccccc2)sc1C. The number of benzene rings is 2. The highest BCUT2D eigenvalue weighted by Gasteiger charge is 2.48. The fourth-order valence-electron chi connectivity index (χ4n) is 3.30. The zero-order chi connectivity index (χ0) is 20.7. The van der Waals surface area contributed by atoms with E-state index in [1.165, 1.54) is 16.2 Å². The van der Waals surface area contributed by atoms with Gasteiger partial charge in [-0.3, -0.25) is 14.5 Å². The van der Waals surface area contributed by atoms with Crippen LogP contribution in [0.5, 0.6) is 0 Å². The third-order valence-corrected chi connectivity index (χ3v) is 6.22. The third-order valence-electron chi connectivity index (χ3n) is 4.90. The summed E-state index contributed by atoms with van der Waals surface area (Å²) in [6, 6.07) is 14.9. The van der Waals surface area contributed by atoms with Crippen molar-refractivity contribution in [2.45, 2.75) is 19.9 Å². The Morgan fingerprint density at radius 1 is 1.07 bits per heavy atom. The minimum absolute atomic E-state index is 0.0361. The smallest absolute Gasteiger partial charge is 0.301 e. The average Bonchev–Trinajstić information content (AvgIpc) is 3.18. The maximum atomic E-state index is 13.0. The zero-order valence-electron chi connectivity index (χ0n) is 15.7. The quantitative estimate of drug-likeness (QED) is 0.363. The number of hydrogen-bond acceptors (Lipinski definition) is 5. The van der Waals surface area contributed by atoms with Crippen molar-refractivity contribution in [2.24, 2.45) is 0 Å². The van der Waals surface area contributed by atoms with E-state index in [9.17, 15) is 14.7 Å². The zero-order valence-corrected chi connectivity index (χ0v) is 17.3. The van der Waals surface area contributed by atoms with E-state index in [2.05, 4.69) is 4.98 Å². The summed E-state index contributed by atoms with van der Waals surface area (Å²) in [5.41, 5.74) is 1.97. The topological polar surface area (TPSA) is 70.5 Å². The van der Waals surface area contributed by atoms with E-state index in [1.807, 2.05) is 44.2 Å². The maximum Gasteiger partial charge on any atom is 0.301 e. The van der Waals surface area contributed by atoms with Crippen LogP contribution in [0.3, 0.4) is 0 Å². The molecule has 29 heavy (non-hydrogen) atoms. The molecule has 0 aliphatic carbocycles. The molecule has 1 aromatic heterocycles. The van der Waals surface area contributed by atoms with E-state index >= 15 is 0 Å². The molecule has 0 saturated carbocycles. The van der Waals surface area contributed by atoms with Crippen LogP contribution in [-0.2, 0) is 9.59 Å². The summed E-state index contributed by atoms with van der Waals surface area (Å²) in [7, 11) is 0. The highest BCUT2D eigenvalue weighted by molar-refractivity contribution is 7.16. The number of halogens is 1. The number of aliphatic hydroxyl groups excluding tert-OH is 1. The van der Waals surface area contributed by atoms with Crippen LogP contribution in [0.1, 0.15) is 27.7 Å². The molecule has 3 aromatic rings. The van der Waals surface area contributed by atoms with E-state index in [-0.39, 0.29) is 11.3 Å². The van der Waals surface area contributed by atoms with Crippen LogP contribution in [0.2, 0.25) is 5.02 Å². The normalized spacial score (nSPS) is 18.4. The van der Waals surface area contributed by atoms with Crippen LogP contribution in [-0.4, -0.2) is 21.8 Å². The van der Waals surface area contributed by atoms with Crippen molar-refractivity contribution in [1.82, 2.24) is 4.98 Å². The van der Waals surface area contributed by atoms with Gasteiger partial charge in [-0.15, -0.1) is 11.3 Å². The van der Waals surface area contributed by atoms with Gasteiger partial charge in [-0.25, -0.2) is 4.98 Å². The fraction of sp³-hybridized carbons (Fsp3) is 0.136. The second kappa shape index (κ2) is 7.46. The molecule has 1 N–H and O–H groups in total. The van der Waals surface area contributed by atoms with Gasteiger partial charge in [0.25, 0.3) is 5.78 Å². The van der Waals surface area contributed by atoms with Crippen molar-refractivity contribution in [3.8, 4) is 0 Å². The van der Waals surface area contributed by atoms with Crippen LogP contribution >= 0.6 is 22.9 Å². The molecule has 5 nitrogen and oxygen atoms in total. The highest BCUT2D eigenvalue weighted by Crippen LogP contribution is 2.43. The molecule has 146 valence electrons. The lowest BCUT2D eigenvalue weighted by Gasteiger charge is -2.23. The Hall–Kier alpha value is -2.96. The number of rotatable bonds is 3. The first-order valence-electron chi connectivity index (χ1n) is 8.94. The van der Waals surface area contributed by atoms with Gasteiger partial charge in [0.1, 0.15) is 5.76 Å². The van der Waals surface area contributed by atoms with E-state index in [0.29, 0.717) is 21.3 Å². The van der Waals surface area contributed by atoms with Crippen LogP contribution in [0.25, 0.3) is 5.76 Å². The highest BCUT2D eigenvalue weighted by atomic mass is 35.5. The van der Waals surface area contributed by atoms with Crippen LogP contribution < -0.4 is 4.90 Å². The van der Waals surface area contributed by atoms with Crippen molar-refractivity contribution in [3.63, 3.8) is 0 Å². The number of Topliss-reactive ketones (excluding diaryl/α,β-unsaturated/α-hetero) is 1. The summed E-state index contributed by atoms with van der Waals surface area (Å²) in [6.07, 6.45) is 0. The molecule has 4 rings (SSSR count). The van der Waals surface area contributed by atoms with Crippen LogP contribution in [0.4, 0.5) is 5.13 Å². The van der Waals surface area contributed by atoms with E-state index in [1.54, 1.807) is 24.3 Å². The lowest BCUT2D eigenvalue weighted by Crippen LogP contribution is -2.29. The van der Waals surface area contributed by atoms with Gasteiger partial charge in [-0.1, -0.05) is 41.9 Å². The van der Waals surface area contributed by atoms with Gasteiger partial charge in [0.05, 0.1) is 17.3 Å². The lowest BCUT2D eigenvalue weighted by atomic mass is 9.95. The van der Waals surface area contributed by atoms with Crippen molar-refractivity contribution >= 4 is 45.5 Å². The summed E-state index contributed by atoms with van der Waals surface area (Å²) in [6.45, 7) is 3.77. The molecule has 2 heterocycles. The molecule has 0 radical (unpaired) electrons. The van der Waals surface area contributed by atoms with E-state index in [4.69, 9.17) is 11.6 Å². The second-order valence-electron chi connectivity index (χ2n) is 6.72. The number of thiazole rings is 1. The number of aryl methyl sites for hydroxylation is 2. The summed E-state index contributed by atoms with van der Waals surface area (Å²) < 4.78 is 0. The number of anilines is 1. The average molecular weight is 425 g/mol. The van der Waals surface area contributed by atoms with Gasteiger partial charge in [0, 0.05) is 15.5 Å². The largest absolute Gasteiger partial charge is 0.507 e. The molecule has 1 fully saturated rings. The van der Waals surface area contributed by atoms with Crippen molar-refractivity contribution in [1.29, 1.82) is 0 Å². The first-order valence-corrected chi connectivity index (χ1v) is 10.1. The number of aliphatic hydroxyl groups is 1. The summed E-state index contributed by atoms with van der Waals surface area (Å²) in [4.78, 5) is 32.8. The molecule has 0 bridgehead atoms.